The van der Waals surface area contributed by atoms with Crippen molar-refractivity contribution in [2.75, 3.05) is 0 Å². The molecule has 4 heteroatoms. The first-order chi connectivity index (χ1) is 33.0. The largest absolute Gasteiger partial charge is 0.309 e. The van der Waals surface area contributed by atoms with E-state index >= 15 is 0 Å². The summed E-state index contributed by atoms with van der Waals surface area (Å²) in [5, 5.41) is 8.95. The van der Waals surface area contributed by atoms with Crippen LogP contribution in [0.5, 0.6) is 0 Å². The van der Waals surface area contributed by atoms with Crippen molar-refractivity contribution in [2.24, 2.45) is 0 Å². The molecule has 0 amide bonds. The molecule has 67 heavy (non-hydrogen) atoms. The van der Waals surface area contributed by atoms with Crippen molar-refractivity contribution >= 4 is 82.4 Å². The Bertz CT molecular complexity index is 4200. The summed E-state index contributed by atoms with van der Waals surface area (Å²) in [6, 6.07) is 72.5. The van der Waals surface area contributed by atoms with Gasteiger partial charge in [-0.3, -0.25) is 0 Å². The molecular weight excluding hydrogens is 813 g/mol. The van der Waals surface area contributed by atoms with Crippen molar-refractivity contribution in [2.45, 2.75) is 32.1 Å². The number of hydrogen-bond donors (Lipinski definition) is 0. The molecule has 0 saturated carbocycles. The molecule has 13 aromatic rings. The van der Waals surface area contributed by atoms with Crippen LogP contribution in [0.4, 0.5) is 0 Å². The van der Waals surface area contributed by atoms with Crippen molar-refractivity contribution in [3.05, 3.63) is 223 Å². The maximum Gasteiger partial charge on any atom is 0.0562 e. The summed E-state index contributed by atoms with van der Waals surface area (Å²) in [6.45, 7) is 4.78. The number of aryl methyl sites for hydroxylation is 1. The van der Waals surface area contributed by atoms with Gasteiger partial charge in [-0.15, -0.1) is 0 Å². The molecule has 4 aromatic heterocycles. The molecule has 0 unspecified atom stereocenters. The predicted octanol–water partition coefficient (Wildman–Crippen LogP) is 16.2. The minimum Gasteiger partial charge on any atom is -0.309 e. The zero-order chi connectivity index (χ0) is 44.1. The first kappa shape index (κ1) is 36.9. The van der Waals surface area contributed by atoms with Gasteiger partial charge in [0.1, 0.15) is 0 Å². The van der Waals surface area contributed by atoms with Crippen LogP contribution in [0.25, 0.3) is 116 Å². The monoisotopic (exact) mass is 856 g/mol. The van der Waals surface area contributed by atoms with Crippen LogP contribution in [0.2, 0.25) is 0 Å². The molecule has 0 atom stereocenters. The summed E-state index contributed by atoms with van der Waals surface area (Å²) in [6.07, 6.45) is 6.76. The number of fused-ring (bicyclic) bond motifs is 15. The van der Waals surface area contributed by atoms with Crippen LogP contribution in [0, 0.1) is 0 Å². The lowest BCUT2D eigenvalue weighted by Crippen LogP contribution is -2.15. The van der Waals surface area contributed by atoms with Gasteiger partial charge in [-0.2, -0.15) is 0 Å². The van der Waals surface area contributed by atoms with Gasteiger partial charge in [0.2, 0.25) is 0 Å². The second-order valence-corrected chi connectivity index (χ2v) is 19.2. The second kappa shape index (κ2) is 13.4. The van der Waals surface area contributed by atoms with Crippen molar-refractivity contribution in [1.82, 2.24) is 18.3 Å². The Labute approximate surface area is 387 Å². The zero-order valence-corrected chi connectivity index (χ0v) is 37.3. The minimum atomic E-state index is -0.159. The lowest BCUT2D eigenvalue weighted by molar-refractivity contribution is 0.660. The first-order valence-electron chi connectivity index (χ1n) is 23.7. The highest BCUT2D eigenvalue weighted by Crippen LogP contribution is 2.51. The molecule has 0 fully saturated rings. The molecule has 316 valence electrons. The number of aromatic nitrogens is 4. The Morgan fingerprint density at radius 3 is 1.31 bits per heavy atom. The van der Waals surface area contributed by atoms with E-state index in [1.54, 1.807) is 0 Å². The Balaban J connectivity index is 0.938. The molecule has 0 N–H and O–H groups in total. The van der Waals surface area contributed by atoms with E-state index in [1.807, 2.05) is 0 Å². The summed E-state index contributed by atoms with van der Waals surface area (Å²) < 4.78 is 10.0. The lowest BCUT2D eigenvalue weighted by Gasteiger charge is -2.22. The average molecular weight is 857 g/mol. The average Bonchev–Trinajstić information content (AvgIpc) is 4.15. The van der Waals surface area contributed by atoms with Gasteiger partial charge in [0.15, 0.2) is 0 Å². The summed E-state index contributed by atoms with van der Waals surface area (Å²) in [5.74, 6) is 0. The van der Waals surface area contributed by atoms with Crippen LogP contribution >= 0.6 is 0 Å². The normalized spacial score (nSPS) is 14.1. The van der Waals surface area contributed by atoms with Gasteiger partial charge in [-0.25, -0.2) is 0 Å². The van der Waals surface area contributed by atoms with E-state index in [-0.39, 0.29) is 5.41 Å². The third-order valence-electron chi connectivity index (χ3n) is 15.4. The van der Waals surface area contributed by atoms with Crippen molar-refractivity contribution < 1.29 is 0 Å². The quantitative estimate of drug-likeness (QED) is 0.168. The van der Waals surface area contributed by atoms with E-state index < -0.39 is 0 Å². The highest BCUT2D eigenvalue weighted by atomic mass is 15.0. The summed E-state index contributed by atoms with van der Waals surface area (Å²) >= 11 is 0. The zero-order valence-electron chi connectivity index (χ0n) is 37.3. The molecule has 2 aliphatic carbocycles. The third kappa shape index (κ3) is 4.86. The fourth-order valence-corrected chi connectivity index (χ4v) is 12.6. The van der Waals surface area contributed by atoms with Crippen molar-refractivity contribution in [3.8, 4) is 33.9 Å². The second-order valence-electron chi connectivity index (χ2n) is 19.2. The smallest absolute Gasteiger partial charge is 0.0562 e. The van der Waals surface area contributed by atoms with Crippen molar-refractivity contribution in [3.63, 3.8) is 0 Å². The number of benzene rings is 9. The van der Waals surface area contributed by atoms with Crippen LogP contribution in [0.15, 0.2) is 200 Å². The fourth-order valence-electron chi connectivity index (χ4n) is 12.6. The highest BCUT2D eigenvalue weighted by molar-refractivity contribution is 6.17. The van der Waals surface area contributed by atoms with Gasteiger partial charge in [0, 0.05) is 60.2 Å². The van der Waals surface area contributed by atoms with E-state index in [9.17, 15) is 0 Å². The Morgan fingerprint density at radius 1 is 0.373 bits per heavy atom. The van der Waals surface area contributed by atoms with E-state index in [4.69, 9.17) is 0 Å². The summed E-state index contributed by atoms with van der Waals surface area (Å²) in [4.78, 5) is 0. The molecule has 4 heterocycles. The molecule has 4 nitrogen and oxygen atoms in total. The summed E-state index contributed by atoms with van der Waals surface area (Å²) in [5.41, 5.74) is 21.2. The molecule has 0 saturated heterocycles. The third-order valence-corrected chi connectivity index (χ3v) is 15.4. The van der Waals surface area contributed by atoms with Crippen LogP contribution in [-0.2, 0) is 11.8 Å². The molecular formula is C63H44N4. The lowest BCUT2D eigenvalue weighted by atomic mass is 9.82. The molecule has 0 radical (unpaired) electrons. The van der Waals surface area contributed by atoms with Gasteiger partial charge >= 0.3 is 0 Å². The number of hydrogen-bond acceptors (Lipinski definition) is 0. The number of rotatable bonds is 4. The van der Waals surface area contributed by atoms with Gasteiger partial charge in [0.05, 0.1) is 50.0 Å². The summed E-state index contributed by atoms with van der Waals surface area (Å²) in [7, 11) is 0. The van der Waals surface area contributed by atoms with Crippen LogP contribution < -0.4 is 0 Å². The van der Waals surface area contributed by atoms with E-state index in [0.29, 0.717) is 0 Å². The van der Waals surface area contributed by atoms with E-state index in [0.717, 1.165) is 12.8 Å². The highest BCUT2D eigenvalue weighted by Gasteiger charge is 2.36. The maximum atomic E-state index is 2.54. The first-order valence-corrected chi connectivity index (χ1v) is 23.7. The molecule has 0 aliphatic heterocycles. The number of para-hydroxylation sites is 5. The Morgan fingerprint density at radius 2 is 0.791 bits per heavy atom. The fraction of sp³-hybridized carbons (Fsp3) is 0.0794. The molecule has 0 spiro atoms. The maximum absolute atomic E-state index is 2.54. The Kier molecular flexibility index (Phi) is 7.37. The number of allylic oxidation sites excluding steroid dienone is 1. The number of nitrogens with zero attached hydrogens (tertiary/aromatic N) is 4. The van der Waals surface area contributed by atoms with Gasteiger partial charge in [-0.1, -0.05) is 135 Å². The topological polar surface area (TPSA) is 19.7 Å². The molecule has 0 bridgehead atoms. The van der Waals surface area contributed by atoms with Crippen LogP contribution in [0.1, 0.15) is 42.7 Å². The minimum absolute atomic E-state index is 0.159. The molecule has 15 rings (SSSR count). The van der Waals surface area contributed by atoms with Gasteiger partial charge in [0.25, 0.3) is 0 Å². The van der Waals surface area contributed by atoms with E-state index in [2.05, 4.69) is 238 Å². The SMILES string of the molecule is CC1(C)c2ccc(-n3c4c(c5c(-n6c7ccccc7c7ccccc76)cccc53)CCC=C4)cc2-c2cc(-n3c4ccccc4c4c(-n5c6ccccc6c6ccccc65)cccc43)ccc21. The predicted molar refractivity (Wildman–Crippen MR) is 281 cm³/mol. The van der Waals surface area contributed by atoms with Gasteiger partial charge < -0.3 is 18.3 Å². The van der Waals surface area contributed by atoms with Crippen LogP contribution in [0.3, 0.4) is 0 Å². The Hall–Kier alpha value is -8.34. The molecule has 9 aromatic carbocycles. The van der Waals surface area contributed by atoms with Crippen LogP contribution in [-0.4, -0.2) is 18.3 Å². The molecule has 2 aliphatic rings. The van der Waals surface area contributed by atoms with E-state index in [1.165, 1.54) is 133 Å². The van der Waals surface area contributed by atoms with Crippen molar-refractivity contribution in [1.29, 1.82) is 0 Å². The standard InChI is InChI=1S/C63H44N4/c1-63(2)49-35-33-39(64-55-27-13-7-21-45(55)61-57(64)29-15-31-59(61)66-51-23-9-3-17-41(51)42-18-4-10-24-52(42)66)37-47(49)48-38-40(34-36-50(48)63)65-56-28-14-8-22-46(56)62-58(65)30-16-32-60(62)67-53-25-11-5-19-43(53)44-20-6-12-26-54(44)67/h3-7,9-21,23-38H,8,22H2,1-2H3. The van der Waals surface area contributed by atoms with Gasteiger partial charge in [-0.05, 0) is 126 Å².